The average molecular weight is 1590 g/mol. The molecule has 0 saturated carbocycles. The lowest BCUT2D eigenvalue weighted by molar-refractivity contribution is -0.132. The highest BCUT2D eigenvalue weighted by atomic mass is 35.5. The molecule has 22 rings (SSSR count). The fraction of sp³-hybridized carbons (Fsp3) is 0.275. The number of carbonyl (C=O) groups excluding carboxylic acids is 2. The van der Waals surface area contributed by atoms with Crippen LogP contribution in [0.2, 0.25) is 0 Å². The van der Waals surface area contributed by atoms with Crippen LogP contribution in [0, 0.1) is 0 Å². The second-order valence-electron chi connectivity index (χ2n) is 30.3. The Morgan fingerprint density at radius 3 is 1.09 bits per heavy atom. The number of aromatic amines is 5. The highest BCUT2D eigenvalue weighted by Gasteiger charge is 2.40. The van der Waals surface area contributed by atoms with E-state index in [0.717, 1.165) is 94.4 Å². The number of aromatic nitrogens is 5. The molecule has 1 amide bonds. The standard InChI is InChI=1S/C21H19ClN2O3.3C19H18N2O2.C11H14N2.C2H2Cl2O/c1-12-8-16-20(14-4-2-3-5-15(14)23-16)21(24(12)19(25)10-22)13-6-7-17-18(9-13)27-11-26-17;3*1-11-8-15-18(13-4-2-3-5-14(13)21-15)19(20-11)12-6-7-16-17(9-12)23-10-22-16;1-8(12)6-10-7-9-4-2-3-5-11(9)13-10;3-1-2(4)5/h2-7,9,12,21,23H,8,10-11H2,1H3;3*2-7,9,11,19-21H,8,10H2,1H3;2-5,7-8,13H,6,12H2,1H3;1H2/t12-,21+;2*11-,19+;11-,19-;8-;/m00000./s1. The average Bonchev–Trinajstić information content (AvgIpc) is 1.58. The zero-order valence-corrected chi connectivity index (χ0v) is 66.0. The number of alkyl halides is 2. The maximum atomic E-state index is 12.8. The monoisotopic (exact) mass is 1590 g/mol. The summed E-state index contributed by atoms with van der Waals surface area (Å²) >= 11 is 15.5. The molecule has 0 saturated heterocycles. The van der Waals surface area contributed by atoms with Gasteiger partial charge >= 0.3 is 0 Å². The van der Waals surface area contributed by atoms with Crippen LogP contribution in [-0.2, 0) is 41.7 Å². The Labute approximate surface area is 674 Å². The first-order chi connectivity index (χ1) is 55.6. The summed E-state index contributed by atoms with van der Waals surface area (Å²) in [6, 6.07) is 70.7. The van der Waals surface area contributed by atoms with Gasteiger partial charge in [-0.2, -0.15) is 0 Å². The Kier molecular flexibility index (Phi) is 21.8. The van der Waals surface area contributed by atoms with Gasteiger partial charge < -0.3 is 89.4 Å². The van der Waals surface area contributed by atoms with Gasteiger partial charge in [0.25, 0.3) is 0 Å². The fourth-order valence-corrected chi connectivity index (χ4v) is 17.5. The predicted octanol–water partition coefficient (Wildman–Crippen LogP) is 17.6. The molecule has 5 aromatic heterocycles. The van der Waals surface area contributed by atoms with Crippen molar-refractivity contribution in [2.45, 2.75) is 121 Å². The van der Waals surface area contributed by atoms with Gasteiger partial charge in [0.2, 0.25) is 38.3 Å². The number of hydrogen-bond acceptors (Lipinski definition) is 14. The molecular formula is C91H89Cl3N10O10. The Balaban J connectivity index is 0.000000103. The normalized spacial score (nSPS) is 20.3. The van der Waals surface area contributed by atoms with Crippen LogP contribution >= 0.6 is 34.8 Å². The maximum absolute atomic E-state index is 12.8. The molecular weight excluding hydrogens is 1500 g/mol. The zero-order valence-electron chi connectivity index (χ0n) is 63.8. The Bertz CT molecular complexity index is 5500. The van der Waals surface area contributed by atoms with Crippen LogP contribution < -0.4 is 59.6 Å². The maximum Gasteiger partial charge on any atom is 0.238 e. The summed E-state index contributed by atoms with van der Waals surface area (Å²) in [4.78, 5) is 41.8. The number of hydrogen-bond donors (Lipinski definition) is 9. The van der Waals surface area contributed by atoms with Crippen molar-refractivity contribution < 1.29 is 47.5 Å². The summed E-state index contributed by atoms with van der Waals surface area (Å²) in [6.07, 6.45) is 4.74. The van der Waals surface area contributed by atoms with E-state index >= 15 is 0 Å². The largest absolute Gasteiger partial charge is 0.454 e. The molecule has 0 spiro atoms. The number of nitrogens with one attached hydrogen (secondary N) is 8. The number of rotatable bonds is 8. The minimum absolute atomic E-state index is 0.0345. The third-order valence-corrected chi connectivity index (χ3v) is 22.9. The molecule has 14 aromatic rings. The van der Waals surface area contributed by atoms with Crippen molar-refractivity contribution in [1.29, 1.82) is 0 Å². The lowest BCUT2D eigenvalue weighted by atomic mass is 9.87. The number of para-hydroxylation sites is 5. The summed E-state index contributed by atoms with van der Waals surface area (Å²) in [5.41, 5.74) is 27.9. The number of nitrogens with two attached hydrogens (primary N) is 1. The number of fused-ring (bicyclic) bond motifs is 17. The van der Waals surface area contributed by atoms with E-state index in [1.54, 1.807) is 0 Å². The van der Waals surface area contributed by atoms with Crippen molar-refractivity contribution in [2.75, 3.05) is 38.9 Å². The van der Waals surface area contributed by atoms with Crippen molar-refractivity contribution in [3.63, 3.8) is 0 Å². The summed E-state index contributed by atoms with van der Waals surface area (Å²) in [5, 5.41) is 17.0. The number of ether oxygens (including phenoxy) is 8. The summed E-state index contributed by atoms with van der Waals surface area (Å²) in [7, 11) is 0. The van der Waals surface area contributed by atoms with Gasteiger partial charge in [0, 0.05) is 162 Å². The van der Waals surface area contributed by atoms with Crippen LogP contribution in [0.25, 0.3) is 54.5 Å². The number of H-pyrrole nitrogens is 5. The third-order valence-electron chi connectivity index (χ3n) is 22.1. The first-order valence-electron chi connectivity index (χ1n) is 38.8. The second-order valence-corrected chi connectivity index (χ2v) is 31.2. The SMILES string of the molecule is C[C@H](N)Cc1cc2ccccc2[nH]1.C[C@H]1Cc2[nH]c3ccccc3c2[C@@H](c2ccc3c(c2)OCO3)N1.C[C@H]1Cc2[nH]c3ccccc3c2[C@@H](c2ccc3c(c2)OCO3)N1.C[C@H]1Cc2[nH]c3ccccc3c2[C@@H](c2ccc3c(c2)OCO3)N1C(=O)CCl.C[C@H]1Cc2[nH]c3ccccc3c2[C@H](c2ccc3c(c2)OCO3)N1.O=C(Cl)CCl. The van der Waals surface area contributed by atoms with Crippen LogP contribution in [0.4, 0.5) is 0 Å². The van der Waals surface area contributed by atoms with E-state index in [4.69, 9.17) is 78.4 Å². The Morgan fingerprint density at radius 2 is 0.728 bits per heavy atom. The van der Waals surface area contributed by atoms with E-state index in [1.807, 2.05) is 72.5 Å². The molecule has 9 aromatic carbocycles. The zero-order chi connectivity index (χ0) is 78.3. The van der Waals surface area contributed by atoms with E-state index in [0.29, 0.717) is 44.3 Å². The van der Waals surface area contributed by atoms with Crippen molar-refractivity contribution >= 4 is 100 Å². The molecule has 0 fully saturated rings. The van der Waals surface area contributed by atoms with Gasteiger partial charge in [0.05, 0.1) is 30.0 Å². The van der Waals surface area contributed by atoms with Gasteiger partial charge in [-0.1, -0.05) is 115 Å². The Morgan fingerprint density at radius 1 is 0.404 bits per heavy atom. The van der Waals surface area contributed by atoms with Gasteiger partial charge in [0.1, 0.15) is 5.88 Å². The molecule has 0 radical (unpaired) electrons. The van der Waals surface area contributed by atoms with Crippen LogP contribution in [0.1, 0.15) is 132 Å². The third kappa shape index (κ3) is 15.4. The summed E-state index contributed by atoms with van der Waals surface area (Å²) < 4.78 is 44.0. The molecule has 0 bridgehead atoms. The van der Waals surface area contributed by atoms with Gasteiger partial charge in [-0.15, -0.1) is 23.2 Å². The molecule has 584 valence electrons. The number of halogens is 3. The van der Waals surface area contributed by atoms with Crippen molar-refractivity contribution in [1.82, 2.24) is 45.8 Å². The molecule has 9 atom stereocenters. The topological polar surface area (TPSA) is 252 Å². The van der Waals surface area contributed by atoms with Gasteiger partial charge in [-0.05, 0) is 159 Å². The summed E-state index contributed by atoms with van der Waals surface area (Å²) in [5.74, 6) is 6.25. The molecule has 10 N–H and O–H groups in total. The van der Waals surface area contributed by atoms with Gasteiger partial charge in [-0.3, -0.25) is 9.59 Å². The molecule has 23 heteroatoms. The van der Waals surface area contributed by atoms with Gasteiger partial charge in [0.15, 0.2) is 46.0 Å². The van der Waals surface area contributed by atoms with E-state index in [1.165, 1.54) is 105 Å². The smallest absolute Gasteiger partial charge is 0.238 e. The predicted molar refractivity (Wildman–Crippen MR) is 448 cm³/mol. The highest BCUT2D eigenvalue weighted by molar-refractivity contribution is 6.67. The minimum atomic E-state index is -0.508. The second kappa shape index (κ2) is 32.8. The minimum Gasteiger partial charge on any atom is -0.454 e. The van der Waals surface area contributed by atoms with Crippen molar-refractivity contribution in [3.05, 3.63) is 273 Å². The fourth-order valence-electron chi connectivity index (χ4n) is 17.3. The van der Waals surface area contributed by atoms with Crippen LogP contribution in [0.3, 0.4) is 0 Å². The first-order valence-corrected chi connectivity index (χ1v) is 40.2. The number of benzene rings is 9. The molecule has 8 aliphatic heterocycles. The lowest BCUT2D eigenvalue weighted by Crippen LogP contribution is -2.46. The number of nitrogens with zero attached hydrogens (tertiary/aromatic N) is 1. The summed E-state index contributed by atoms with van der Waals surface area (Å²) in [6.45, 7) is 11.9. The van der Waals surface area contributed by atoms with Crippen LogP contribution in [-0.4, -0.2) is 110 Å². The van der Waals surface area contributed by atoms with E-state index in [9.17, 15) is 9.59 Å². The highest BCUT2D eigenvalue weighted by Crippen LogP contribution is 2.48. The lowest BCUT2D eigenvalue weighted by Gasteiger charge is -2.41. The molecule has 0 aliphatic carbocycles. The molecule has 20 nitrogen and oxygen atoms in total. The van der Waals surface area contributed by atoms with Crippen molar-refractivity contribution in [3.8, 4) is 46.0 Å². The molecule has 8 aliphatic rings. The molecule has 114 heavy (non-hydrogen) atoms. The first kappa shape index (κ1) is 75.6. The van der Waals surface area contributed by atoms with Crippen LogP contribution in [0.15, 0.2) is 200 Å². The van der Waals surface area contributed by atoms with Crippen molar-refractivity contribution in [2.24, 2.45) is 5.73 Å². The quantitative estimate of drug-likeness (QED) is 0.0507. The van der Waals surface area contributed by atoms with E-state index in [2.05, 4.69) is 208 Å². The molecule has 13 heterocycles. The number of carbonyl (C=O) groups is 2. The molecule has 0 unspecified atom stereocenters. The van der Waals surface area contributed by atoms with Crippen LogP contribution in [0.5, 0.6) is 46.0 Å². The Hall–Kier alpha value is -11.1. The van der Waals surface area contributed by atoms with Gasteiger partial charge in [-0.25, -0.2) is 0 Å². The van der Waals surface area contributed by atoms with E-state index < -0.39 is 5.24 Å². The number of amides is 1. The van der Waals surface area contributed by atoms with E-state index in [-0.39, 0.29) is 60.7 Å².